The molecule has 0 heterocycles. The van der Waals surface area contributed by atoms with Gasteiger partial charge in [0.2, 0.25) is 0 Å². The standard InChI is InChI=1S/C5H8/c1-3-5-4-2/h1,3,5H,4H2,2H3. The summed E-state index contributed by atoms with van der Waals surface area (Å²) >= 11 is 0. The number of hydrogen-bond donors (Lipinski definition) is 0. The molecule has 0 bridgehead atoms. The monoisotopic (exact) mass is 68.1 g/mol. The van der Waals surface area contributed by atoms with Gasteiger partial charge in [0, 0.05) is 0 Å². The van der Waals surface area contributed by atoms with Gasteiger partial charge in [0.25, 0.3) is 0 Å². The highest BCUT2D eigenvalue weighted by Gasteiger charge is 1.52. The van der Waals surface area contributed by atoms with Crippen molar-refractivity contribution in [2.24, 2.45) is 0 Å². The van der Waals surface area contributed by atoms with E-state index in [9.17, 15) is 0 Å². The Balaban J connectivity index is 2.62. The fourth-order valence-corrected chi connectivity index (χ4v) is 0.136. The van der Waals surface area contributed by atoms with Gasteiger partial charge in [0.15, 0.2) is 0 Å². The minimum absolute atomic E-state index is 1.04. The highest BCUT2D eigenvalue weighted by Crippen LogP contribution is 1.73. The van der Waals surface area contributed by atoms with Crippen LogP contribution < -0.4 is 0 Å². The van der Waals surface area contributed by atoms with Crippen molar-refractivity contribution in [3.05, 3.63) is 19.1 Å². The van der Waals surface area contributed by atoms with Crippen molar-refractivity contribution < 1.29 is 0 Å². The molecule has 2 radical (unpaired) electrons. The van der Waals surface area contributed by atoms with Gasteiger partial charge in [0.1, 0.15) is 0 Å². The minimum Gasteiger partial charge on any atom is -0.0885 e. The maximum atomic E-state index is 4.96. The van der Waals surface area contributed by atoms with Crippen LogP contribution in [0.4, 0.5) is 0 Å². The lowest BCUT2D eigenvalue weighted by molar-refractivity contribution is 1.22. The topological polar surface area (TPSA) is 0 Å². The normalized spacial score (nSPS) is 10.0. The molecular formula is C5H8. The molecule has 0 nitrogen and oxygen atoms in total. The second-order valence-electron chi connectivity index (χ2n) is 0.836. The van der Waals surface area contributed by atoms with E-state index < -0.39 is 0 Å². The molecule has 0 unspecified atom stereocenters. The third kappa shape index (κ3) is 3.74. The molecule has 0 aromatic rings. The average molecular weight is 68.1 g/mol. The third-order valence-electron chi connectivity index (χ3n) is 0.372. The predicted octanol–water partition coefficient (Wildman–Crippen LogP) is 1.66. The van der Waals surface area contributed by atoms with E-state index in [0.29, 0.717) is 0 Å². The number of rotatable bonds is 1. The van der Waals surface area contributed by atoms with Crippen LogP contribution in [0.5, 0.6) is 0 Å². The summed E-state index contributed by atoms with van der Waals surface area (Å²) in [6.45, 7) is 7.00. The first kappa shape index (κ1) is 4.74. The largest absolute Gasteiger partial charge is 0.0885 e. The van der Waals surface area contributed by atoms with Crippen molar-refractivity contribution in [1.29, 1.82) is 0 Å². The fourth-order valence-electron chi connectivity index (χ4n) is 0.136. The highest BCUT2D eigenvalue weighted by atomic mass is 13.6. The van der Waals surface area contributed by atoms with Crippen LogP contribution in [0.3, 0.4) is 0 Å². The van der Waals surface area contributed by atoms with Crippen LogP contribution in [0.25, 0.3) is 0 Å². The van der Waals surface area contributed by atoms with Crippen molar-refractivity contribution in [2.45, 2.75) is 13.3 Å². The Hall–Kier alpha value is -0.260. The van der Waals surface area contributed by atoms with Gasteiger partial charge in [0.05, 0.1) is 0 Å². The van der Waals surface area contributed by atoms with E-state index >= 15 is 0 Å². The van der Waals surface area contributed by atoms with E-state index in [0.717, 1.165) is 6.42 Å². The molecule has 0 aromatic carbocycles. The van der Waals surface area contributed by atoms with Gasteiger partial charge in [-0.2, -0.15) is 0 Å². The van der Waals surface area contributed by atoms with Crippen LogP contribution in [-0.4, -0.2) is 0 Å². The van der Waals surface area contributed by atoms with Crippen LogP contribution in [0, 0.1) is 6.92 Å². The van der Waals surface area contributed by atoms with Gasteiger partial charge in [-0.05, 0) is 13.3 Å². The van der Waals surface area contributed by atoms with E-state index in [1.807, 2.05) is 13.0 Å². The van der Waals surface area contributed by atoms with E-state index in [1.165, 1.54) is 0 Å². The maximum Gasteiger partial charge on any atom is -0.00958 e. The zero-order valence-electron chi connectivity index (χ0n) is 3.44. The Morgan fingerprint density at radius 1 is 1.80 bits per heavy atom. The van der Waals surface area contributed by atoms with Gasteiger partial charge in [-0.15, -0.1) is 0 Å². The maximum absolute atomic E-state index is 4.96. The van der Waals surface area contributed by atoms with E-state index in [-0.39, 0.29) is 0 Å². The fraction of sp³-hybridized carbons (Fsp3) is 0.400. The van der Waals surface area contributed by atoms with Crippen LogP contribution in [-0.2, 0) is 0 Å². The molecule has 5 heavy (non-hydrogen) atoms. The Morgan fingerprint density at radius 3 is 2.40 bits per heavy atom. The molecule has 0 fully saturated rings. The Morgan fingerprint density at radius 2 is 2.40 bits per heavy atom. The van der Waals surface area contributed by atoms with Crippen LogP contribution in [0.15, 0.2) is 12.2 Å². The van der Waals surface area contributed by atoms with Crippen molar-refractivity contribution in [1.82, 2.24) is 0 Å². The molecule has 0 atom stereocenters. The zero-order valence-corrected chi connectivity index (χ0v) is 3.44. The van der Waals surface area contributed by atoms with Gasteiger partial charge in [-0.3, -0.25) is 0 Å². The molecule has 0 saturated heterocycles. The molecule has 0 spiro atoms. The first-order chi connectivity index (χ1) is 2.41. The summed E-state index contributed by atoms with van der Waals surface area (Å²) in [7, 11) is 0. The lowest BCUT2D eigenvalue weighted by Gasteiger charge is -1.64. The van der Waals surface area contributed by atoms with Gasteiger partial charge in [-0.1, -0.05) is 19.1 Å². The first-order valence-electron chi connectivity index (χ1n) is 1.78. The van der Waals surface area contributed by atoms with Crippen LogP contribution >= 0.6 is 0 Å². The van der Waals surface area contributed by atoms with Crippen molar-refractivity contribution in [2.75, 3.05) is 0 Å². The lowest BCUT2D eigenvalue weighted by Crippen LogP contribution is -1.44. The summed E-state index contributed by atoms with van der Waals surface area (Å²) in [5.74, 6) is 0. The summed E-state index contributed by atoms with van der Waals surface area (Å²) in [5.41, 5.74) is 0. The summed E-state index contributed by atoms with van der Waals surface area (Å²) in [6, 6.07) is 0. The molecular weight excluding hydrogens is 60.1 g/mol. The second-order valence-corrected chi connectivity index (χ2v) is 0.836. The predicted molar refractivity (Wildman–Crippen MR) is 23.7 cm³/mol. The van der Waals surface area contributed by atoms with Crippen molar-refractivity contribution >= 4 is 0 Å². The van der Waals surface area contributed by atoms with Gasteiger partial charge in [-0.25, -0.2) is 0 Å². The van der Waals surface area contributed by atoms with Crippen LogP contribution in [0.1, 0.15) is 13.3 Å². The molecule has 0 aliphatic rings. The Kier molecular flexibility index (Phi) is 3.55. The Bertz CT molecular complexity index is 27.0. The average Bonchev–Trinajstić information content (AvgIpc) is 1.41. The SMILES string of the molecule is [CH]C=CCC. The molecule has 28 valence electrons. The molecule has 0 saturated carbocycles. The molecule has 0 aliphatic heterocycles. The quantitative estimate of drug-likeness (QED) is 0.438. The first-order valence-corrected chi connectivity index (χ1v) is 1.78. The van der Waals surface area contributed by atoms with Crippen molar-refractivity contribution in [3.8, 4) is 0 Å². The van der Waals surface area contributed by atoms with E-state index in [2.05, 4.69) is 0 Å². The summed E-state index contributed by atoms with van der Waals surface area (Å²) in [5, 5.41) is 0. The number of allylic oxidation sites excluding steroid dienone is 2. The second kappa shape index (κ2) is 3.74. The summed E-state index contributed by atoms with van der Waals surface area (Å²) in [6.07, 6.45) is 4.50. The molecule has 0 N–H and O–H groups in total. The molecule has 0 amide bonds. The van der Waals surface area contributed by atoms with Gasteiger partial charge >= 0.3 is 0 Å². The highest BCUT2D eigenvalue weighted by molar-refractivity contribution is 4.81. The minimum atomic E-state index is 1.04. The smallest absolute Gasteiger partial charge is 0.00958 e. The van der Waals surface area contributed by atoms with E-state index in [4.69, 9.17) is 6.92 Å². The molecule has 0 aromatic heterocycles. The van der Waals surface area contributed by atoms with Crippen molar-refractivity contribution in [3.63, 3.8) is 0 Å². The third-order valence-corrected chi connectivity index (χ3v) is 0.372. The van der Waals surface area contributed by atoms with E-state index in [1.54, 1.807) is 6.08 Å². The lowest BCUT2D eigenvalue weighted by atomic mass is 10.4. The molecule has 0 aliphatic carbocycles. The molecule has 0 heteroatoms. The summed E-state index contributed by atoms with van der Waals surface area (Å²) in [4.78, 5) is 0. The zero-order chi connectivity index (χ0) is 4.12. The molecule has 0 rings (SSSR count). The number of hydrogen-bond acceptors (Lipinski definition) is 0. The Labute approximate surface area is 33.5 Å². The summed E-state index contributed by atoms with van der Waals surface area (Å²) < 4.78 is 0. The van der Waals surface area contributed by atoms with Gasteiger partial charge < -0.3 is 0 Å². The van der Waals surface area contributed by atoms with Crippen LogP contribution in [0.2, 0.25) is 0 Å².